The first-order valence-electron chi connectivity index (χ1n) is 6.86. The van der Waals surface area contributed by atoms with Crippen LogP contribution in [0.4, 0.5) is 0 Å². The summed E-state index contributed by atoms with van der Waals surface area (Å²) in [6.45, 7) is 2.55. The molecule has 114 valence electrons. The molecule has 5 heteroatoms. The van der Waals surface area contributed by atoms with E-state index < -0.39 is 11.9 Å². The summed E-state index contributed by atoms with van der Waals surface area (Å²) in [4.78, 5) is 22.9. The van der Waals surface area contributed by atoms with Crippen LogP contribution < -0.4 is 15.2 Å². The minimum absolute atomic E-state index is 0.0813. The molecule has 2 rings (SSSR count). The molecule has 0 saturated carbocycles. The van der Waals surface area contributed by atoms with Gasteiger partial charge in [-0.15, -0.1) is 0 Å². The average molecular weight is 298 g/mol. The monoisotopic (exact) mass is 298 g/mol. The van der Waals surface area contributed by atoms with E-state index in [1.807, 2.05) is 31.2 Å². The molecular formula is C17H16NO4-. The zero-order chi connectivity index (χ0) is 15.9. The lowest BCUT2D eigenvalue weighted by Gasteiger charge is -2.11. The van der Waals surface area contributed by atoms with Gasteiger partial charge >= 0.3 is 0 Å². The summed E-state index contributed by atoms with van der Waals surface area (Å²) < 4.78 is 5.48. The zero-order valence-corrected chi connectivity index (χ0v) is 12.2. The Hall–Kier alpha value is -2.82. The maximum absolute atomic E-state index is 12.0. The van der Waals surface area contributed by atoms with Crippen molar-refractivity contribution >= 4 is 11.9 Å². The third-order valence-electron chi connectivity index (χ3n) is 3.07. The number of aryl methyl sites for hydroxylation is 1. The molecule has 0 aliphatic rings. The standard InChI is InChI=1S/C17H17NO4/c1-12-6-8-13(9-7-12)22-11-10-18-16(19)14-4-2-3-5-15(14)17(20)21/h2-9H,10-11H2,1H3,(H,18,19)(H,20,21)/p-1. The molecule has 2 aromatic rings. The number of hydrogen-bond acceptors (Lipinski definition) is 4. The van der Waals surface area contributed by atoms with Gasteiger partial charge < -0.3 is 20.0 Å². The van der Waals surface area contributed by atoms with Crippen LogP contribution in [0.5, 0.6) is 5.75 Å². The van der Waals surface area contributed by atoms with E-state index in [-0.39, 0.29) is 17.7 Å². The summed E-state index contributed by atoms with van der Waals surface area (Å²) >= 11 is 0. The normalized spacial score (nSPS) is 10.0. The van der Waals surface area contributed by atoms with Crippen LogP contribution in [-0.4, -0.2) is 25.0 Å². The van der Waals surface area contributed by atoms with Gasteiger partial charge in [-0.3, -0.25) is 4.79 Å². The van der Waals surface area contributed by atoms with E-state index in [2.05, 4.69) is 5.32 Å². The molecule has 0 aromatic heterocycles. The number of nitrogens with one attached hydrogen (secondary N) is 1. The first-order chi connectivity index (χ1) is 10.6. The number of carboxylic acid groups (broad SMARTS) is 1. The van der Waals surface area contributed by atoms with Gasteiger partial charge in [0, 0.05) is 11.1 Å². The van der Waals surface area contributed by atoms with E-state index in [1.165, 1.54) is 12.1 Å². The Bertz CT molecular complexity index is 665. The van der Waals surface area contributed by atoms with Crippen molar-refractivity contribution in [3.8, 4) is 5.75 Å². The van der Waals surface area contributed by atoms with E-state index in [1.54, 1.807) is 12.1 Å². The molecule has 0 radical (unpaired) electrons. The Kier molecular flexibility index (Phi) is 5.14. The van der Waals surface area contributed by atoms with E-state index in [0.717, 1.165) is 11.3 Å². The Labute approximate surface area is 128 Å². The Balaban J connectivity index is 1.86. The maximum Gasteiger partial charge on any atom is 0.252 e. The molecule has 0 fully saturated rings. The number of hydrogen-bond donors (Lipinski definition) is 1. The second-order valence-electron chi connectivity index (χ2n) is 4.75. The summed E-state index contributed by atoms with van der Waals surface area (Å²) in [5, 5.41) is 13.6. The molecule has 22 heavy (non-hydrogen) atoms. The minimum Gasteiger partial charge on any atom is -0.545 e. The van der Waals surface area contributed by atoms with Crippen molar-refractivity contribution in [2.24, 2.45) is 0 Å². The lowest BCUT2D eigenvalue weighted by Crippen LogP contribution is -2.31. The second kappa shape index (κ2) is 7.26. The fourth-order valence-electron chi connectivity index (χ4n) is 1.92. The van der Waals surface area contributed by atoms with Crippen LogP contribution in [0.3, 0.4) is 0 Å². The Morgan fingerprint density at radius 1 is 1.05 bits per heavy atom. The number of aromatic carboxylic acids is 1. The third kappa shape index (κ3) is 4.09. The van der Waals surface area contributed by atoms with Crippen molar-refractivity contribution in [1.82, 2.24) is 5.32 Å². The van der Waals surface area contributed by atoms with Crippen LogP contribution >= 0.6 is 0 Å². The molecule has 5 nitrogen and oxygen atoms in total. The van der Waals surface area contributed by atoms with Crippen LogP contribution in [0, 0.1) is 6.92 Å². The van der Waals surface area contributed by atoms with Crippen molar-refractivity contribution < 1.29 is 19.4 Å². The molecule has 0 bridgehead atoms. The van der Waals surface area contributed by atoms with Crippen LogP contribution in [-0.2, 0) is 0 Å². The number of ether oxygens (including phenoxy) is 1. The number of rotatable bonds is 6. The van der Waals surface area contributed by atoms with Gasteiger partial charge in [-0.2, -0.15) is 0 Å². The van der Waals surface area contributed by atoms with Gasteiger partial charge in [0.05, 0.1) is 12.5 Å². The van der Waals surface area contributed by atoms with Gasteiger partial charge in [0.15, 0.2) is 0 Å². The molecule has 2 aromatic carbocycles. The van der Waals surface area contributed by atoms with Crippen LogP contribution in [0.25, 0.3) is 0 Å². The quantitative estimate of drug-likeness (QED) is 0.812. The summed E-state index contributed by atoms with van der Waals surface area (Å²) in [5.41, 5.74) is 1.09. The van der Waals surface area contributed by atoms with Gasteiger partial charge in [0.2, 0.25) is 0 Å². The number of carbonyl (C=O) groups excluding carboxylic acids is 2. The maximum atomic E-state index is 12.0. The predicted molar refractivity (Wildman–Crippen MR) is 79.8 cm³/mol. The lowest BCUT2D eigenvalue weighted by molar-refractivity contribution is -0.255. The van der Waals surface area contributed by atoms with E-state index in [4.69, 9.17) is 4.74 Å². The largest absolute Gasteiger partial charge is 0.545 e. The number of carbonyl (C=O) groups is 2. The summed E-state index contributed by atoms with van der Waals surface area (Å²) in [6.07, 6.45) is 0. The highest BCUT2D eigenvalue weighted by atomic mass is 16.5. The third-order valence-corrected chi connectivity index (χ3v) is 3.07. The average Bonchev–Trinajstić information content (AvgIpc) is 2.53. The van der Waals surface area contributed by atoms with Crippen molar-refractivity contribution in [2.75, 3.05) is 13.2 Å². The number of amides is 1. The molecule has 0 saturated heterocycles. The van der Waals surface area contributed by atoms with E-state index >= 15 is 0 Å². The first-order valence-corrected chi connectivity index (χ1v) is 6.86. The molecule has 0 spiro atoms. The summed E-state index contributed by atoms with van der Waals surface area (Å²) in [5.74, 6) is -1.12. The summed E-state index contributed by atoms with van der Waals surface area (Å²) in [6, 6.07) is 13.5. The summed E-state index contributed by atoms with van der Waals surface area (Å²) in [7, 11) is 0. The molecule has 0 unspecified atom stereocenters. The van der Waals surface area contributed by atoms with Gasteiger partial charge in [-0.05, 0) is 25.1 Å². The molecule has 1 amide bonds. The zero-order valence-electron chi connectivity index (χ0n) is 12.2. The highest BCUT2D eigenvalue weighted by Gasteiger charge is 2.10. The molecule has 0 aliphatic carbocycles. The number of carboxylic acids is 1. The topological polar surface area (TPSA) is 78.5 Å². The van der Waals surface area contributed by atoms with Crippen molar-refractivity contribution in [3.63, 3.8) is 0 Å². The fraction of sp³-hybridized carbons (Fsp3) is 0.176. The molecule has 0 heterocycles. The van der Waals surface area contributed by atoms with Crippen LogP contribution in [0.15, 0.2) is 48.5 Å². The predicted octanol–water partition coefficient (Wildman–Crippen LogP) is 1.17. The fourth-order valence-corrected chi connectivity index (χ4v) is 1.92. The Morgan fingerprint density at radius 2 is 1.68 bits per heavy atom. The van der Waals surface area contributed by atoms with Crippen LogP contribution in [0.2, 0.25) is 0 Å². The van der Waals surface area contributed by atoms with Crippen LogP contribution in [0.1, 0.15) is 26.3 Å². The minimum atomic E-state index is -1.37. The number of benzene rings is 2. The highest BCUT2D eigenvalue weighted by Crippen LogP contribution is 2.11. The Morgan fingerprint density at radius 3 is 2.32 bits per heavy atom. The van der Waals surface area contributed by atoms with Gasteiger partial charge in [0.1, 0.15) is 12.4 Å². The van der Waals surface area contributed by atoms with E-state index in [0.29, 0.717) is 6.61 Å². The second-order valence-corrected chi connectivity index (χ2v) is 4.75. The first kappa shape index (κ1) is 15.6. The molecule has 0 aliphatic heterocycles. The van der Waals surface area contributed by atoms with E-state index in [9.17, 15) is 14.7 Å². The van der Waals surface area contributed by atoms with Crippen molar-refractivity contribution in [1.29, 1.82) is 0 Å². The van der Waals surface area contributed by atoms with Gasteiger partial charge in [0.25, 0.3) is 5.91 Å². The molecule has 1 N–H and O–H groups in total. The highest BCUT2D eigenvalue weighted by molar-refractivity contribution is 6.04. The lowest BCUT2D eigenvalue weighted by atomic mass is 10.1. The van der Waals surface area contributed by atoms with Gasteiger partial charge in [-0.1, -0.05) is 35.9 Å². The molecule has 0 atom stereocenters. The smallest absolute Gasteiger partial charge is 0.252 e. The molecular weight excluding hydrogens is 282 g/mol. The van der Waals surface area contributed by atoms with Crippen molar-refractivity contribution in [2.45, 2.75) is 6.92 Å². The van der Waals surface area contributed by atoms with Gasteiger partial charge in [-0.25, -0.2) is 0 Å². The van der Waals surface area contributed by atoms with Crippen molar-refractivity contribution in [3.05, 3.63) is 65.2 Å². The SMILES string of the molecule is Cc1ccc(OCCNC(=O)c2ccccc2C(=O)[O-])cc1.